The summed E-state index contributed by atoms with van der Waals surface area (Å²) < 4.78 is 31.9. The molecular formula is C38H42FN11O2. The Labute approximate surface area is 300 Å². The van der Waals surface area contributed by atoms with E-state index >= 15 is 4.39 Å². The van der Waals surface area contributed by atoms with Gasteiger partial charge in [-0.2, -0.15) is 10.2 Å². The molecule has 7 heterocycles. The molecule has 3 aliphatic rings. The van der Waals surface area contributed by atoms with E-state index in [0.717, 1.165) is 78.6 Å². The molecule has 0 spiro atoms. The van der Waals surface area contributed by atoms with Crippen LogP contribution in [-0.4, -0.2) is 99.1 Å². The number of nitrogens with zero attached hydrogens (tertiary/aromatic N) is 7. The zero-order valence-corrected chi connectivity index (χ0v) is 29.1. The maximum Gasteiger partial charge on any atom is 0.165 e. The fourth-order valence-corrected chi connectivity index (χ4v) is 7.51. The highest BCUT2D eigenvalue weighted by Gasteiger charge is 2.25. The number of fused-ring (bicyclic) bond motifs is 8. The van der Waals surface area contributed by atoms with E-state index in [1.165, 1.54) is 12.1 Å². The van der Waals surface area contributed by atoms with Crippen LogP contribution >= 0.6 is 0 Å². The number of piperidine rings is 1. The van der Waals surface area contributed by atoms with Gasteiger partial charge in [-0.05, 0) is 73.8 Å². The average Bonchev–Trinajstić information content (AvgIpc) is 3.78. The number of halogens is 1. The molecular weight excluding hydrogens is 661 g/mol. The Morgan fingerprint density at radius 1 is 0.788 bits per heavy atom. The van der Waals surface area contributed by atoms with Gasteiger partial charge in [-0.15, -0.1) is 0 Å². The summed E-state index contributed by atoms with van der Waals surface area (Å²) in [5, 5.41) is 23.5. The Hall–Kier alpha value is -5.31. The molecule has 52 heavy (non-hydrogen) atoms. The molecule has 0 saturated carbocycles. The molecule has 1 fully saturated rings. The van der Waals surface area contributed by atoms with Gasteiger partial charge in [0.25, 0.3) is 0 Å². The van der Waals surface area contributed by atoms with Crippen LogP contribution in [-0.2, 0) is 0 Å². The Morgan fingerprint density at radius 2 is 1.63 bits per heavy atom. The zero-order valence-electron chi connectivity index (χ0n) is 29.1. The number of aromatic nitrogens is 6. The highest BCUT2D eigenvalue weighted by Crippen LogP contribution is 2.35. The van der Waals surface area contributed by atoms with Crippen molar-refractivity contribution >= 4 is 22.9 Å². The average molecular weight is 704 g/mol. The van der Waals surface area contributed by atoms with E-state index in [0.29, 0.717) is 67.2 Å². The summed E-state index contributed by atoms with van der Waals surface area (Å²) in [4.78, 5) is 12.4. The van der Waals surface area contributed by atoms with Crippen LogP contribution in [0.25, 0.3) is 33.5 Å². The predicted octanol–water partition coefficient (Wildman–Crippen LogP) is 4.55. The highest BCUT2D eigenvalue weighted by molar-refractivity contribution is 5.80. The van der Waals surface area contributed by atoms with Gasteiger partial charge < -0.3 is 30.7 Å². The number of rotatable bonds is 2. The van der Waals surface area contributed by atoms with Gasteiger partial charge in [0.1, 0.15) is 35.6 Å². The second kappa shape index (κ2) is 14.0. The third kappa shape index (κ3) is 6.49. The molecule has 1 atom stereocenters. The van der Waals surface area contributed by atoms with E-state index in [9.17, 15) is 0 Å². The molecule has 14 heteroatoms. The van der Waals surface area contributed by atoms with Gasteiger partial charge in [0.05, 0.1) is 18.1 Å². The summed E-state index contributed by atoms with van der Waals surface area (Å²) in [6, 6.07) is 15.4. The number of hydrogen-bond donors (Lipinski definition) is 4. The molecule has 0 aliphatic carbocycles. The van der Waals surface area contributed by atoms with Crippen LogP contribution in [0.1, 0.15) is 30.2 Å². The lowest BCUT2D eigenvalue weighted by Crippen LogP contribution is -2.46. The van der Waals surface area contributed by atoms with Gasteiger partial charge in [0.15, 0.2) is 17.4 Å². The summed E-state index contributed by atoms with van der Waals surface area (Å²) >= 11 is 0. The molecule has 6 aromatic rings. The number of anilines is 2. The minimum Gasteiger partial charge on any atom is -0.492 e. The zero-order chi connectivity index (χ0) is 35.0. The van der Waals surface area contributed by atoms with Crippen LogP contribution in [0.2, 0.25) is 0 Å². The van der Waals surface area contributed by atoms with Crippen molar-refractivity contribution in [2.24, 2.45) is 0 Å². The van der Waals surface area contributed by atoms with Gasteiger partial charge in [-0.1, -0.05) is 12.1 Å². The summed E-state index contributed by atoms with van der Waals surface area (Å²) in [7, 11) is 0. The second-order valence-corrected chi connectivity index (χ2v) is 13.7. The second-order valence-electron chi connectivity index (χ2n) is 13.7. The largest absolute Gasteiger partial charge is 0.492 e. The molecule has 8 bridgehead atoms. The van der Waals surface area contributed by atoms with Crippen molar-refractivity contribution in [3.05, 3.63) is 84.2 Å². The normalized spacial score (nSPS) is 19.0. The number of hydrogen-bond acceptors (Lipinski definition) is 11. The van der Waals surface area contributed by atoms with E-state index in [-0.39, 0.29) is 5.82 Å². The quantitative estimate of drug-likeness (QED) is 0.203. The Kier molecular flexibility index (Phi) is 8.78. The van der Waals surface area contributed by atoms with Gasteiger partial charge in [-0.25, -0.2) is 23.4 Å². The lowest BCUT2D eigenvalue weighted by Gasteiger charge is -2.34. The molecule has 9 rings (SSSR count). The van der Waals surface area contributed by atoms with Crippen molar-refractivity contribution in [3.63, 3.8) is 0 Å². The van der Waals surface area contributed by atoms with Crippen LogP contribution < -0.4 is 30.7 Å². The fraction of sp³-hybridized carbons (Fsp3) is 0.368. The van der Waals surface area contributed by atoms with Crippen molar-refractivity contribution in [1.29, 1.82) is 0 Å². The first-order valence-electron chi connectivity index (χ1n) is 18.1. The van der Waals surface area contributed by atoms with Crippen molar-refractivity contribution in [3.8, 4) is 33.8 Å². The van der Waals surface area contributed by atoms with Crippen LogP contribution in [0, 0.1) is 12.7 Å². The lowest BCUT2D eigenvalue weighted by molar-refractivity contribution is 0.139. The van der Waals surface area contributed by atoms with Crippen molar-refractivity contribution in [1.82, 2.24) is 44.7 Å². The molecule has 268 valence electrons. The molecule has 2 aromatic carbocycles. The van der Waals surface area contributed by atoms with Crippen molar-refractivity contribution in [2.45, 2.75) is 31.9 Å². The van der Waals surface area contributed by atoms with E-state index in [1.54, 1.807) is 10.7 Å². The highest BCUT2D eigenvalue weighted by atomic mass is 19.1. The number of benzene rings is 2. The number of ether oxygens (including phenoxy) is 2. The molecule has 13 nitrogen and oxygen atoms in total. The smallest absolute Gasteiger partial charge is 0.165 e. The van der Waals surface area contributed by atoms with Gasteiger partial charge in [-0.3, -0.25) is 4.90 Å². The van der Waals surface area contributed by atoms with E-state index < -0.39 is 6.10 Å². The van der Waals surface area contributed by atoms with E-state index in [2.05, 4.69) is 49.5 Å². The Morgan fingerprint density at radius 3 is 2.56 bits per heavy atom. The fourth-order valence-electron chi connectivity index (χ4n) is 7.51. The van der Waals surface area contributed by atoms with Crippen molar-refractivity contribution in [2.75, 3.05) is 69.6 Å². The minimum atomic E-state index is -0.463. The van der Waals surface area contributed by atoms with Gasteiger partial charge in [0.2, 0.25) is 0 Å². The van der Waals surface area contributed by atoms with E-state index in [1.807, 2.05) is 42.0 Å². The minimum absolute atomic E-state index is 0.372. The summed E-state index contributed by atoms with van der Waals surface area (Å²) in [6.45, 7) is 8.59. The summed E-state index contributed by atoms with van der Waals surface area (Å²) in [5.74, 6) is 2.36. The SMILES string of the molecule is Cc1ccc2cc1OC(c1cc3nc4c(cnn14)-c1cc(F)cc(c1)OCCN(C1CCNCC1)CCN3)CNCCNc1ccn3ncc-2c3n1. The molecule has 1 saturated heterocycles. The van der Waals surface area contributed by atoms with E-state index in [4.69, 9.17) is 24.5 Å². The van der Waals surface area contributed by atoms with Crippen LogP contribution in [0.5, 0.6) is 11.5 Å². The predicted molar refractivity (Wildman–Crippen MR) is 198 cm³/mol. The Balaban J connectivity index is 1.13. The first-order valence-corrected chi connectivity index (χ1v) is 18.1. The molecule has 0 radical (unpaired) electrons. The Bertz CT molecular complexity index is 2230. The topological polar surface area (TPSA) is 130 Å². The standard InChI is InChI=1S/C38H42FN11O2/c1-24-2-3-25-18-33(24)52-34(23-41-9-10-42-35-6-12-49-37(46-35)30(25)21-44-49)32-20-36-43-11-13-48(28-4-7-40-8-5-28)14-15-51-29-17-26(16-27(39)19-29)31-22-45-50(32)38(31)47-36/h2-3,6,12,16-22,28,34,40-41H,4-5,7-11,13-15,23H2,1H3,(H,42,46)(H,43,47). The molecule has 4 aromatic heterocycles. The van der Waals surface area contributed by atoms with Crippen LogP contribution in [0.15, 0.2) is 67.1 Å². The van der Waals surface area contributed by atoms with Crippen LogP contribution in [0.4, 0.5) is 16.0 Å². The number of nitrogens with one attached hydrogen (secondary N) is 4. The van der Waals surface area contributed by atoms with Gasteiger partial charge in [0, 0.05) is 74.8 Å². The third-order valence-corrected chi connectivity index (χ3v) is 10.3. The monoisotopic (exact) mass is 703 g/mol. The lowest BCUT2D eigenvalue weighted by atomic mass is 10.0. The third-order valence-electron chi connectivity index (χ3n) is 10.3. The molecule has 3 aliphatic heterocycles. The molecule has 4 N–H and O–H groups in total. The van der Waals surface area contributed by atoms with Crippen LogP contribution in [0.3, 0.4) is 0 Å². The first-order chi connectivity index (χ1) is 25.6. The first kappa shape index (κ1) is 32.6. The summed E-state index contributed by atoms with van der Waals surface area (Å²) in [5.41, 5.74) is 6.40. The maximum absolute atomic E-state index is 15.1. The van der Waals surface area contributed by atoms with Crippen molar-refractivity contribution < 1.29 is 13.9 Å². The molecule has 0 amide bonds. The molecule has 1 unspecified atom stereocenters. The van der Waals surface area contributed by atoms with Gasteiger partial charge >= 0.3 is 0 Å². The maximum atomic E-state index is 15.1. The number of aryl methyl sites for hydroxylation is 1. The summed E-state index contributed by atoms with van der Waals surface area (Å²) in [6.07, 6.45) is 7.20.